The van der Waals surface area contributed by atoms with Gasteiger partial charge in [0.05, 0.1) is 6.54 Å². The molecule has 0 aromatic carbocycles. The molecule has 0 aliphatic rings. The van der Waals surface area contributed by atoms with Gasteiger partial charge >= 0.3 is 5.97 Å². The van der Waals surface area contributed by atoms with Crippen LogP contribution in [-0.4, -0.2) is 78.5 Å². The molecule has 0 saturated heterocycles. The molecule has 3 unspecified atom stereocenters. The van der Waals surface area contributed by atoms with Crippen molar-refractivity contribution in [3.8, 4) is 0 Å². The minimum absolute atomic E-state index is 0.0818. The fourth-order valence-electron chi connectivity index (χ4n) is 2.46. The molecule has 15 nitrogen and oxygen atoms in total. The topological polar surface area (TPSA) is 279 Å². The van der Waals surface area contributed by atoms with Gasteiger partial charge in [0.15, 0.2) is 11.9 Å². The Kier molecular flexibility index (Phi) is 13.5. The van der Waals surface area contributed by atoms with Crippen LogP contribution in [0.15, 0.2) is 9.98 Å². The molecule has 182 valence electrons. The maximum Gasteiger partial charge on any atom is 0.326 e. The number of nitrogens with two attached hydrogens (primary N) is 5. The summed E-state index contributed by atoms with van der Waals surface area (Å²) in [6, 6.07) is -3.24. The molecule has 0 aliphatic heterocycles. The summed E-state index contributed by atoms with van der Waals surface area (Å²) in [5.41, 5.74) is 26.2. The van der Waals surface area contributed by atoms with Gasteiger partial charge in [-0.3, -0.25) is 24.4 Å². The summed E-state index contributed by atoms with van der Waals surface area (Å²) in [6.07, 6.45) is 0.959. The van der Waals surface area contributed by atoms with E-state index in [9.17, 15) is 24.3 Å². The normalized spacial score (nSPS) is 13.1. The van der Waals surface area contributed by atoms with Gasteiger partial charge in [-0.05, 0) is 32.6 Å². The largest absolute Gasteiger partial charge is 0.480 e. The van der Waals surface area contributed by atoms with Gasteiger partial charge in [0, 0.05) is 13.1 Å². The highest BCUT2D eigenvalue weighted by atomic mass is 16.4. The van der Waals surface area contributed by atoms with Crippen molar-refractivity contribution in [2.24, 2.45) is 38.7 Å². The molecule has 0 fully saturated rings. The van der Waals surface area contributed by atoms with Crippen LogP contribution in [-0.2, 0) is 19.2 Å². The number of rotatable bonds is 15. The highest BCUT2D eigenvalue weighted by Crippen LogP contribution is 2.02. The predicted octanol–water partition coefficient (Wildman–Crippen LogP) is -4.39. The quantitative estimate of drug-likeness (QED) is 0.0645. The molecule has 0 aromatic rings. The van der Waals surface area contributed by atoms with Crippen LogP contribution in [0.3, 0.4) is 0 Å². The van der Waals surface area contributed by atoms with Gasteiger partial charge < -0.3 is 49.7 Å². The highest BCUT2D eigenvalue weighted by Gasteiger charge is 2.26. The Hall–Kier alpha value is -3.62. The molecule has 0 rings (SSSR count). The molecule has 0 aromatic heterocycles. The number of aliphatic imine (C=N–C) groups is 2. The molecule has 15 heteroatoms. The lowest BCUT2D eigenvalue weighted by atomic mass is 10.1. The smallest absolute Gasteiger partial charge is 0.326 e. The molecule has 0 bridgehead atoms. The summed E-state index contributed by atoms with van der Waals surface area (Å²) >= 11 is 0. The van der Waals surface area contributed by atoms with Crippen molar-refractivity contribution in [1.29, 1.82) is 0 Å². The third-order valence-electron chi connectivity index (χ3n) is 4.09. The van der Waals surface area contributed by atoms with Crippen LogP contribution in [0.1, 0.15) is 32.6 Å². The summed E-state index contributed by atoms with van der Waals surface area (Å²) < 4.78 is 0. The van der Waals surface area contributed by atoms with E-state index in [1.807, 2.05) is 0 Å². The fourth-order valence-corrected chi connectivity index (χ4v) is 2.46. The zero-order chi connectivity index (χ0) is 24.7. The van der Waals surface area contributed by atoms with Crippen LogP contribution in [0.2, 0.25) is 0 Å². The number of nitrogens with zero attached hydrogens (tertiary/aromatic N) is 2. The van der Waals surface area contributed by atoms with Crippen LogP contribution in [0, 0.1) is 0 Å². The molecule has 0 saturated carbocycles. The molecule has 0 radical (unpaired) electrons. The SMILES string of the molecule is CC(NC(=O)C(CCCN=C(N)N)NC(=O)CN)C(=O)NC(CCCN=C(N)N)C(=O)O. The summed E-state index contributed by atoms with van der Waals surface area (Å²) in [6.45, 7) is 1.50. The minimum atomic E-state index is -1.24. The first-order valence-electron chi connectivity index (χ1n) is 9.91. The maximum atomic E-state index is 12.5. The van der Waals surface area contributed by atoms with Gasteiger partial charge in [-0.2, -0.15) is 0 Å². The summed E-state index contributed by atoms with van der Waals surface area (Å²) in [4.78, 5) is 55.5. The number of carbonyl (C=O) groups excluding carboxylic acids is 3. The molecule has 0 heterocycles. The van der Waals surface area contributed by atoms with Gasteiger partial charge in [0.2, 0.25) is 17.7 Å². The van der Waals surface area contributed by atoms with E-state index < -0.39 is 41.8 Å². The number of guanidine groups is 2. The Morgan fingerprint density at radius 2 is 1.31 bits per heavy atom. The minimum Gasteiger partial charge on any atom is -0.480 e. The number of amides is 3. The van der Waals surface area contributed by atoms with Crippen molar-refractivity contribution in [2.45, 2.75) is 50.7 Å². The first kappa shape index (κ1) is 28.4. The van der Waals surface area contributed by atoms with E-state index in [1.165, 1.54) is 6.92 Å². The Bertz CT molecular complexity index is 704. The van der Waals surface area contributed by atoms with Crippen LogP contribution in [0.25, 0.3) is 0 Å². The predicted molar refractivity (Wildman–Crippen MR) is 118 cm³/mol. The lowest BCUT2D eigenvalue weighted by molar-refractivity contribution is -0.142. The van der Waals surface area contributed by atoms with Gasteiger partial charge in [-0.15, -0.1) is 0 Å². The lowest BCUT2D eigenvalue weighted by Gasteiger charge is -2.22. The van der Waals surface area contributed by atoms with E-state index in [2.05, 4.69) is 25.9 Å². The second-order valence-corrected chi connectivity index (χ2v) is 6.85. The van der Waals surface area contributed by atoms with Gasteiger partial charge in [0.1, 0.15) is 18.1 Å². The zero-order valence-electron chi connectivity index (χ0n) is 18.0. The number of aliphatic carboxylic acids is 1. The summed E-state index contributed by atoms with van der Waals surface area (Å²) in [7, 11) is 0. The van der Waals surface area contributed by atoms with Crippen LogP contribution >= 0.6 is 0 Å². The number of hydrogen-bond acceptors (Lipinski definition) is 7. The first-order chi connectivity index (χ1) is 15.0. The summed E-state index contributed by atoms with van der Waals surface area (Å²) in [5.74, 6) is -3.37. The second-order valence-electron chi connectivity index (χ2n) is 6.85. The molecule has 0 aliphatic carbocycles. The third kappa shape index (κ3) is 12.8. The number of hydrogen-bond donors (Lipinski definition) is 9. The molecule has 3 amide bonds. The zero-order valence-corrected chi connectivity index (χ0v) is 18.0. The first-order valence-corrected chi connectivity index (χ1v) is 9.91. The molecule has 32 heavy (non-hydrogen) atoms. The maximum absolute atomic E-state index is 12.5. The Balaban J connectivity index is 4.90. The van der Waals surface area contributed by atoms with Gasteiger partial charge in [-0.25, -0.2) is 4.79 Å². The third-order valence-corrected chi connectivity index (χ3v) is 4.09. The van der Waals surface area contributed by atoms with E-state index in [4.69, 9.17) is 28.7 Å². The van der Waals surface area contributed by atoms with E-state index in [0.717, 1.165) is 0 Å². The molecular formula is C17H34N10O5. The van der Waals surface area contributed by atoms with E-state index in [1.54, 1.807) is 0 Å². The molecule has 3 atom stereocenters. The number of nitrogens with one attached hydrogen (secondary N) is 3. The van der Waals surface area contributed by atoms with E-state index in [0.29, 0.717) is 12.8 Å². The average molecular weight is 459 g/mol. The van der Waals surface area contributed by atoms with Gasteiger partial charge in [-0.1, -0.05) is 0 Å². The van der Waals surface area contributed by atoms with Gasteiger partial charge in [0.25, 0.3) is 0 Å². The molecule has 14 N–H and O–H groups in total. The molecular weight excluding hydrogens is 424 g/mol. The number of carboxylic acids is 1. The van der Waals surface area contributed by atoms with Crippen molar-refractivity contribution in [2.75, 3.05) is 19.6 Å². The number of carboxylic acid groups (broad SMARTS) is 1. The molecule has 0 spiro atoms. The van der Waals surface area contributed by atoms with Crippen LogP contribution in [0.4, 0.5) is 0 Å². The number of carbonyl (C=O) groups is 4. The van der Waals surface area contributed by atoms with Crippen molar-refractivity contribution in [3.63, 3.8) is 0 Å². The van der Waals surface area contributed by atoms with Crippen molar-refractivity contribution in [1.82, 2.24) is 16.0 Å². The Morgan fingerprint density at radius 3 is 1.75 bits per heavy atom. The lowest BCUT2D eigenvalue weighted by Crippen LogP contribution is -2.55. The van der Waals surface area contributed by atoms with Crippen LogP contribution in [0.5, 0.6) is 0 Å². The van der Waals surface area contributed by atoms with E-state index >= 15 is 0 Å². The Morgan fingerprint density at radius 1 is 0.812 bits per heavy atom. The average Bonchev–Trinajstić information content (AvgIpc) is 2.71. The van der Waals surface area contributed by atoms with Crippen molar-refractivity contribution >= 4 is 35.6 Å². The standard InChI is InChI=1S/C17H34N10O5/c1-9(13(29)27-11(15(31)32)5-3-7-24-17(21)22)25-14(30)10(26-12(28)8-18)4-2-6-23-16(19)20/h9-11H,2-8,18H2,1H3,(H,25,30)(H,26,28)(H,27,29)(H,31,32)(H4,19,20,23)(H4,21,22,24). The highest BCUT2D eigenvalue weighted by molar-refractivity contribution is 5.93. The monoisotopic (exact) mass is 458 g/mol. The Labute approximate surface area is 185 Å². The van der Waals surface area contributed by atoms with E-state index in [-0.39, 0.29) is 44.4 Å². The van der Waals surface area contributed by atoms with Crippen molar-refractivity contribution < 1.29 is 24.3 Å². The second kappa shape index (κ2) is 15.2. The summed E-state index contributed by atoms with van der Waals surface area (Å²) in [5, 5.41) is 16.5. The van der Waals surface area contributed by atoms with Crippen LogP contribution < -0.4 is 44.6 Å². The van der Waals surface area contributed by atoms with Crippen molar-refractivity contribution in [3.05, 3.63) is 0 Å². The fraction of sp³-hybridized carbons (Fsp3) is 0.647.